The van der Waals surface area contributed by atoms with Crippen molar-refractivity contribution in [2.75, 3.05) is 18.9 Å². The van der Waals surface area contributed by atoms with Crippen LogP contribution in [0.5, 0.6) is 0 Å². The van der Waals surface area contributed by atoms with E-state index in [1.807, 2.05) is 18.2 Å². The molecule has 2 heterocycles. The second kappa shape index (κ2) is 8.37. The van der Waals surface area contributed by atoms with E-state index in [0.29, 0.717) is 35.8 Å². The molecule has 0 bridgehead atoms. The molecule has 1 fully saturated rings. The molecule has 0 aliphatic heterocycles. The molecule has 3 aromatic rings. The molecule has 9 heteroatoms. The molecule has 1 aliphatic carbocycles. The molecule has 0 saturated heterocycles. The Hall–Kier alpha value is -3.04. The molecule has 0 spiro atoms. The summed E-state index contributed by atoms with van der Waals surface area (Å²) in [6, 6.07) is 9.66. The van der Waals surface area contributed by atoms with Crippen LogP contribution in [0.1, 0.15) is 23.9 Å². The zero-order valence-corrected chi connectivity index (χ0v) is 17.0. The number of hydrogen-bond donors (Lipinski definition) is 4. The van der Waals surface area contributed by atoms with Gasteiger partial charge in [0.15, 0.2) is 11.5 Å². The van der Waals surface area contributed by atoms with Crippen LogP contribution in [0.3, 0.4) is 0 Å². The molecule has 158 valence electrons. The largest absolute Gasteiger partial charge is 0.390 e. The molecule has 4 rings (SSSR count). The van der Waals surface area contributed by atoms with Crippen LogP contribution in [-0.2, 0) is 11.2 Å². The number of carbonyl (C=O) groups is 1. The fourth-order valence-electron chi connectivity index (χ4n) is 4.09. The van der Waals surface area contributed by atoms with Crippen LogP contribution in [0, 0.1) is 12.8 Å². The summed E-state index contributed by atoms with van der Waals surface area (Å²) < 4.78 is 1.74. The van der Waals surface area contributed by atoms with E-state index in [4.69, 9.17) is 0 Å². The quantitative estimate of drug-likeness (QED) is 0.474. The average molecular weight is 410 g/mol. The lowest BCUT2D eigenvalue weighted by Crippen LogP contribution is -2.36. The number of nitrogens with one attached hydrogen (secondary N) is 2. The number of carbonyl (C=O) groups excluding carboxylic acids is 1. The normalized spacial score (nSPS) is 23.6. The van der Waals surface area contributed by atoms with E-state index in [-0.39, 0.29) is 5.91 Å². The number of aliphatic hydroxyl groups is 2. The molecular formula is C21H26N6O3. The molecule has 2 aromatic heterocycles. The topological polar surface area (TPSA) is 125 Å². The first-order valence-electron chi connectivity index (χ1n) is 10.1. The summed E-state index contributed by atoms with van der Waals surface area (Å²) in [7, 11) is 1.52. The fourth-order valence-corrected chi connectivity index (χ4v) is 4.09. The Bertz CT molecular complexity index is 1040. The van der Waals surface area contributed by atoms with E-state index in [0.717, 1.165) is 6.42 Å². The first-order chi connectivity index (χ1) is 14.5. The van der Waals surface area contributed by atoms with Gasteiger partial charge in [-0.2, -0.15) is 0 Å². The van der Waals surface area contributed by atoms with Gasteiger partial charge in [-0.05, 0) is 25.3 Å². The molecule has 9 nitrogen and oxygen atoms in total. The first-order valence-corrected chi connectivity index (χ1v) is 10.1. The maximum atomic E-state index is 12.0. The lowest BCUT2D eigenvalue weighted by molar-refractivity contribution is -0.128. The van der Waals surface area contributed by atoms with E-state index in [1.54, 1.807) is 17.8 Å². The molecule has 1 aliphatic rings. The maximum Gasteiger partial charge on any atom is 0.225 e. The Morgan fingerprint density at radius 3 is 2.70 bits per heavy atom. The number of aryl methyl sites for hydroxylation is 1. The minimum atomic E-state index is -1.14. The van der Waals surface area contributed by atoms with Gasteiger partial charge >= 0.3 is 0 Å². The van der Waals surface area contributed by atoms with Gasteiger partial charge in [0.1, 0.15) is 17.4 Å². The van der Waals surface area contributed by atoms with E-state index >= 15 is 0 Å². The number of hydrogen-bond acceptors (Lipinski definition) is 7. The summed E-state index contributed by atoms with van der Waals surface area (Å²) in [5, 5.41) is 26.8. The van der Waals surface area contributed by atoms with Crippen LogP contribution in [-0.4, -0.2) is 61.4 Å². The summed E-state index contributed by atoms with van der Waals surface area (Å²) >= 11 is 0. The number of aliphatic hydroxyl groups excluding tert-OH is 2. The maximum absolute atomic E-state index is 12.0. The molecule has 4 unspecified atom stereocenters. The number of aromatic nitrogens is 4. The minimum absolute atomic E-state index is 0.289. The smallest absolute Gasteiger partial charge is 0.225 e. The lowest BCUT2D eigenvalue weighted by atomic mass is 10.1. The molecular weight excluding hydrogens is 384 g/mol. The number of fused-ring (bicyclic) bond motifs is 1. The van der Waals surface area contributed by atoms with Crippen LogP contribution in [0.2, 0.25) is 0 Å². The van der Waals surface area contributed by atoms with E-state index in [1.165, 1.54) is 12.6 Å². The van der Waals surface area contributed by atoms with Crippen molar-refractivity contribution in [2.45, 2.75) is 38.0 Å². The highest BCUT2D eigenvalue weighted by Gasteiger charge is 2.46. The van der Waals surface area contributed by atoms with Crippen molar-refractivity contribution in [1.82, 2.24) is 24.8 Å². The Labute approximate surface area is 174 Å². The Kier molecular flexibility index (Phi) is 5.65. The van der Waals surface area contributed by atoms with Gasteiger partial charge in [0.05, 0.1) is 24.4 Å². The predicted octanol–water partition coefficient (Wildman–Crippen LogP) is 0.818. The SMILES string of the molecule is CNC(=O)C1CC(n2cnc3c(NCCc4ccccc4)nc(C)nc32)C(O)C1O. The van der Waals surface area contributed by atoms with Crippen molar-refractivity contribution in [3.05, 3.63) is 48.0 Å². The first kappa shape index (κ1) is 20.2. The summed E-state index contributed by atoms with van der Waals surface area (Å²) in [5.41, 5.74) is 2.39. The number of benzene rings is 1. The zero-order valence-electron chi connectivity index (χ0n) is 17.0. The molecule has 4 N–H and O–H groups in total. The Morgan fingerprint density at radius 1 is 1.20 bits per heavy atom. The van der Waals surface area contributed by atoms with Gasteiger partial charge in [-0.15, -0.1) is 0 Å². The third-order valence-corrected chi connectivity index (χ3v) is 5.67. The van der Waals surface area contributed by atoms with Crippen molar-refractivity contribution in [3.63, 3.8) is 0 Å². The van der Waals surface area contributed by atoms with Crippen molar-refractivity contribution < 1.29 is 15.0 Å². The number of nitrogens with zero attached hydrogens (tertiary/aromatic N) is 4. The summed E-state index contributed by atoms with van der Waals surface area (Å²) in [6.07, 6.45) is 0.502. The monoisotopic (exact) mass is 410 g/mol. The second-order valence-corrected chi connectivity index (χ2v) is 7.61. The van der Waals surface area contributed by atoms with E-state index in [9.17, 15) is 15.0 Å². The van der Waals surface area contributed by atoms with Gasteiger partial charge in [-0.25, -0.2) is 15.0 Å². The van der Waals surface area contributed by atoms with Gasteiger partial charge in [0.25, 0.3) is 0 Å². The standard InChI is InChI=1S/C21H26N6O3/c1-12-25-19(23-9-8-13-6-4-3-5-7-13)16-20(26-12)27(11-24-16)15-10-14(21(30)22-2)17(28)18(15)29/h3-7,11,14-15,17-18,28-29H,8-10H2,1-2H3,(H,22,30)(H,23,25,26). The number of rotatable bonds is 6. The van der Waals surface area contributed by atoms with E-state index < -0.39 is 24.2 Å². The molecule has 1 aromatic carbocycles. The van der Waals surface area contributed by atoms with Crippen molar-refractivity contribution in [3.8, 4) is 0 Å². The van der Waals surface area contributed by atoms with Crippen molar-refractivity contribution in [1.29, 1.82) is 0 Å². The van der Waals surface area contributed by atoms with Gasteiger partial charge in [0, 0.05) is 13.6 Å². The van der Waals surface area contributed by atoms with Crippen LogP contribution in [0.4, 0.5) is 5.82 Å². The third-order valence-electron chi connectivity index (χ3n) is 5.67. The van der Waals surface area contributed by atoms with Crippen molar-refractivity contribution in [2.24, 2.45) is 5.92 Å². The predicted molar refractivity (Wildman–Crippen MR) is 112 cm³/mol. The second-order valence-electron chi connectivity index (χ2n) is 7.61. The minimum Gasteiger partial charge on any atom is -0.390 e. The van der Waals surface area contributed by atoms with Crippen LogP contribution < -0.4 is 10.6 Å². The molecule has 1 amide bonds. The lowest BCUT2D eigenvalue weighted by Gasteiger charge is -2.18. The number of imidazole rings is 1. The fraction of sp³-hybridized carbons (Fsp3) is 0.429. The van der Waals surface area contributed by atoms with Crippen LogP contribution in [0.15, 0.2) is 36.7 Å². The summed E-state index contributed by atoms with van der Waals surface area (Å²) in [5.74, 6) is 0.229. The molecule has 1 saturated carbocycles. The number of amides is 1. The highest BCUT2D eigenvalue weighted by atomic mass is 16.3. The van der Waals surface area contributed by atoms with E-state index in [2.05, 4.69) is 37.7 Å². The third kappa shape index (κ3) is 3.73. The highest BCUT2D eigenvalue weighted by molar-refractivity contribution is 5.83. The Balaban J connectivity index is 1.58. The zero-order chi connectivity index (χ0) is 21.3. The van der Waals surface area contributed by atoms with Gasteiger partial charge in [-0.1, -0.05) is 30.3 Å². The summed E-state index contributed by atoms with van der Waals surface area (Å²) in [6.45, 7) is 2.48. The van der Waals surface area contributed by atoms with Gasteiger partial charge < -0.3 is 25.4 Å². The molecule has 4 atom stereocenters. The molecule has 0 radical (unpaired) electrons. The summed E-state index contributed by atoms with van der Waals surface area (Å²) in [4.78, 5) is 25.5. The average Bonchev–Trinajstić information content (AvgIpc) is 3.29. The van der Waals surface area contributed by atoms with Crippen LogP contribution in [0.25, 0.3) is 11.2 Å². The number of anilines is 1. The van der Waals surface area contributed by atoms with Crippen molar-refractivity contribution >= 4 is 22.9 Å². The molecule has 30 heavy (non-hydrogen) atoms. The van der Waals surface area contributed by atoms with Crippen LogP contribution >= 0.6 is 0 Å². The van der Waals surface area contributed by atoms with Gasteiger partial charge in [0.2, 0.25) is 5.91 Å². The Morgan fingerprint density at radius 2 is 1.97 bits per heavy atom. The van der Waals surface area contributed by atoms with Gasteiger partial charge in [-0.3, -0.25) is 4.79 Å². The highest BCUT2D eigenvalue weighted by Crippen LogP contribution is 2.37.